The third-order valence-electron chi connectivity index (χ3n) is 2.98. The predicted molar refractivity (Wildman–Crippen MR) is 83.2 cm³/mol. The minimum Gasteiger partial charge on any atom is -0.327 e. The van der Waals surface area contributed by atoms with E-state index in [0.29, 0.717) is 0 Å². The fourth-order valence-electron chi connectivity index (χ4n) is 2.04. The highest BCUT2D eigenvalue weighted by Gasteiger charge is 2.06. The zero-order chi connectivity index (χ0) is 13.0. The quantitative estimate of drug-likeness (QED) is 0.871. The molecule has 0 saturated carbocycles. The van der Waals surface area contributed by atoms with Crippen LogP contribution >= 0.6 is 27.3 Å². The second-order valence-corrected chi connectivity index (χ2v) is 7.25. The van der Waals surface area contributed by atoms with Crippen molar-refractivity contribution in [1.82, 2.24) is 0 Å². The summed E-state index contributed by atoms with van der Waals surface area (Å²) in [6, 6.07) is 13.2. The van der Waals surface area contributed by atoms with Crippen LogP contribution in [0.2, 0.25) is 0 Å². The van der Waals surface area contributed by atoms with E-state index in [1.165, 1.54) is 19.8 Å². The molecular formula is C15H18BrNS. The van der Waals surface area contributed by atoms with E-state index in [0.717, 1.165) is 19.3 Å². The number of benzene rings is 1. The molecule has 1 aromatic carbocycles. The first kappa shape index (κ1) is 13.8. The Bertz CT molecular complexity index is 507. The van der Waals surface area contributed by atoms with Crippen LogP contribution in [-0.2, 0) is 12.8 Å². The molecule has 2 aromatic rings. The summed E-state index contributed by atoms with van der Waals surface area (Å²) in [6.07, 6.45) is 3.08. The Kier molecular flexibility index (Phi) is 4.98. The lowest BCUT2D eigenvalue weighted by Gasteiger charge is -2.10. The molecule has 18 heavy (non-hydrogen) atoms. The second-order valence-electron chi connectivity index (χ2n) is 4.70. The average molecular weight is 324 g/mol. The molecule has 1 heterocycles. The highest BCUT2D eigenvalue weighted by molar-refractivity contribution is 9.11. The first-order valence-corrected chi connectivity index (χ1v) is 7.80. The van der Waals surface area contributed by atoms with Crippen LogP contribution in [0.4, 0.5) is 0 Å². The Balaban J connectivity index is 1.83. The molecule has 0 radical (unpaired) electrons. The summed E-state index contributed by atoms with van der Waals surface area (Å²) in [5.74, 6) is 0. The maximum Gasteiger partial charge on any atom is 0.0701 e. The lowest BCUT2D eigenvalue weighted by Crippen LogP contribution is -2.23. The fraction of sp³-hybridized carbons (Fsp3) is 0.333. The van der Waals surface area contributed by atoms with E-state index in [9.17, 15) is 0 Å². The molecule has 0 aliphatic rings. The SMILES string of the molecule is Cc1cccc(CCC(N)Cc2ccc(Br)s2)c1. The Hall–Kier alpha value is -0.640. The number of hydrogen-bond donors (Lipinski definition) is 1. The van der Waals surface area contributed by atoms with E-state index < -0.39 is 0 Å². The maximum absolute atomic E-state index is 6.19. The van der Waals surface area contributed by atoms with Gasteiger partial charge in [-0.3, -0.25) is 0 Å². The Morgan fingerprint density at radius 2 is 2.11 bits per heavy atom. The smallest absolute Gasteiger partial charge is 0.0701 e. The van der Waals surface area contributed by atoms with Crippen molar-refractivity contribution < 1.29 is 0 Å². The summed E-state index contributed by atoms with van der Waals surface area (Å²) >= 11 is 5.26. The minimum atomic E-state index is 0.246. The first-order chi connectivity index (χ1) is 8.63. The van der Waals surface area contributed by atoms with Crippen LogP contribution in [0.3, 0.4) is 0 Å². The van der Waals surface area contributed by atoms with E-state index in [4.69, 9.17) is 5.73 Å². The van der Waals surface area contributed by atoms with Gasteiger partial charge in [-0.05, 0) is 59.8 Å². The summed E-state index contributed by atoms with van der Waals surface area (Å²) in [5, 5.41) is 0. The number of rotatable bonds is 5. The number of halogens is 1. The van der Waals surface area contributed by atoms with E-state index in [1.54, 1.807) is 11.3 Å². The highest BCUT2D eigenvalue weighted by atomic mass is 79.9. The molecule has 0 spiro atoms. The number of nitrogens with two attached hydrogens (primary N) is 1. The topological polar surface area (TPSA) is 26.0 Å². The van der Waals surface area contributed by atoms with E-state index in [2.05, 4.69) is 59.3 Å². The van der Waals surface area contributed by atoms with Crippen LogP contribution in [0, 0.1) is 6.92 Å². The molecule has 0 aliphatic carbocycles. The van der Waals surface area contributed by atoms with Gasteiger partial charge in [0.05, 0.1) is 3.79 Å². The van der Waals surface area contributed by atoms with Crippen LogP contribution in [0.25, 0.3) is 0 Å². The van der Waals surface area contributed by atoms with Gasteiger partial charge in [-0.1, -0.05) is 29.8 Å². The monoisotopic (exact) mass is 323 g/mol. The van der Waals surface area contributed by atoms with Gasteiger partial charge in [-0.15, -0.1) is 11.3 Å². The molecule has 0 amide bonds. The average Bonchev–Trinajstić information content (AvgIpc) is 2.72. The van der Waals surface area contributed by atoms with Crippen molar-refractivity contribution in [1.29, 1.82) is 0 Å². The standard InChI is InChI=1S/C15H18BrNS/c1-11-3-2-4-12(9-11)5-6-13(17)10-14-7-8-15(16)18-14/h2-4,7-9,13H,5-6,10,17H2,1H3. The lowest BCUT2D eigenvalue weighted by molar-refractivity contribution is 0.614. The summed E-state index contributed by atoms with van der Waals surface area (Å²) in [5.41, 5.74) is 8.90. The molecule has 96 valence electrons. The van der Waals surface area contributed by atoms with E-state index >= 15 is 0 Å². The summed E-state index contributed by atoms with van der Waals surface area (Å²) < 4.78 is 1.18. The molecule has 0 aliphatic heterocycles. The van der Waals surface area contributed by atoms with Gasteiger partial charge < -0.3 is 5.73 Å². The maximum atomic E-state index is 6.19. The fourth-order valence-corrected chi connectivity index (χ4v) is 3.62. The summed E-state index contributed by atoms with van der Waals surface area (Å²) in [7, 11) is 0. The Labute approximate surface area is 121 Å². The highest BCUT2D eigenvalue weighted by Crippen LogP contribution is 2.23. The van der Waals surface area contributed by atoms with Crippen molar-refractivity contribution in [3.63, 3.8) is 0 Å². The molecule has 0 fully saturated rings. The molecular weight excluding hydrogens is 306 g/mol. The summed E-state index contributed by atoms with van der Waals surface area (Å²) in [6.45, 7) is 2.13. The van der Waals surface area contributed by atoms with Gasteiger partial charge in [-0.2, -0.15) is 0 Å². The van der Waals surface area contributed by atoms with Gasteiger partial charge in [0.25, 0.3) is 0 Å². The van der Waals surface area contributed by atoms with E-state index in [-0.39, 0.29) is 6.04 Å². The van der Waals surface area contributed by atoms with Crippen LogP contribution in [0.15, 0.2) is 40.2 Å². The number of thiophene rings is 1. The second kappa shape index (κ2) is 6.50. The molecule has 1 nitrogen and oxygen atoms in total. The Morgan fingerprint density at radius 3 is 2.78 bits per heavy atom. The molecule has 2 N–H and O–H groups in total. The van der Waals surface area contributed by atoms with Gasteiger partial charge in [0.1, 0.15) is 0 Å². The largest absolute Gasteiger partial charge is 0.327 e. The van der Waals surface area contributed by atoms with Crippen molar-refractivity contribution in [2.45, 2.75) is 32.2 Å². The molecule has 1 atom stereocenters. The first-order valence-electron chi connectivity index (χ1n) is 6.19. The van der Waals surface area contributed by atoms with Crippen molar-refractivity contribution >= 4 is 27.3 Å². The van der Waals surface area contributed by atoms with Gasteiger partial charge >= 0.3 is 0 Å². The molecule has 3 heteroatoms. The van der Waals surface area contributed by atoms with Crippen molar-refractivity contribution in [2.24, 2.45) is 5.73 Å². The van der Waals surface area contributed by atoms with Crippen LogP contribution in [0.1, 0.15) is 22.4 Å². The van der Waals surface area contributed by atoms with Crippen molar-refractivity contribution in [3.8, 4) is 0 Å². The van der Waals surface area contributed by atoms with Gasteiger partial charge in [0.2, 0.25) is 0 Å². The van der Waals surface area contributed by atoms with Crippen molar-refractivity contribution in [3.05, 3.63) is 56.2 Å². The Morgan fingerprint density at radius 1 is 1.28 bits per heavy atom. The van der Waals surface area contributed by atoms with Gasteiger partial charge in [0.15, 0.2) is 0 Å². The van der Waals surface area contributed by atoms with Crippen molar-refractivity contribution in [2.75, 3.05) is 0 Å². The minimum absolute atomic E-state index is 0.246. The van der Waals surface area contributed by atoms with Crippen LogP contribution in [-0.4, -0.2) is 6.04 Å². The van der Waals surface area contributed by atoms with Gasteiger partial charge in [0, 0.05) is 10.9 Å². The third kappa shape index (κ3) is 4.23. The number of hydrogen-bond acceptors (Lipinski definition) is 2. The molecule has 1 unspecified atom stereocenters. The van der Waals surface area contributed by atoms with Crippen LogP contribution in [0.5, 0.6) is 0 Å². The lowest BCUT2D eigenvalue weighted by atomic mass is 10.0. The molecule has 0 bridgehead atoms. The van der Waals surface area contributed by atoms with Gasteiger partial charge in [-0.25, -0.2) is 0 Å². The molecule has 2 rings (SSSR count). The zero-order valence-corrected chi connectivity index (χ0v) is 12.9. The number of aryl methyl sites for hydroxylation is 2. The van der Waals surface area contributed by atoms with Crippen LogP contribution < -0.4 is 5.73 Å². The predicted octanol–water partition coefficient (Wildman–Crippen LogP) is 4.32. The van der Waals surface area contributed by atoms with E-state index in [1.807, 2.05) is 0 Å². The normalized spacial score (nSPS) is 12.6. The summed E-state index contributed by atoms with van der Waals surface area (Å²) in [4.78, 5) is 1.36. The molecule has 0 saturated heterocycles. The zero-order valence-electron chi connectivity index (χ0n) is 10.5. The molecule has 1 aromatic heterocycles. The third-order valence-corrected chi connectivity index (χ3v) is 4.62.